The molecule has 0 aliphatic carbocycles. The van der Waals surface area contributed by atoms with E-state index in [4.69, 9.17) is 0 Å². The van der Waals surface area contributed by atoms with Gasteiger partial charge < -0.3 is 0 Å². The van der Waals surface area contributed by atoms with Crippen LogP contribution in [0.5, 0.6) is 0 Å². The third kappa shape index (κ3) is 10.5. The van der Waals surface area contributed by atoms with Crippen molar-refractivity contribution < 1.29 is 10.7 Å². The monoisotopic (exact) mass is 220 g/mol. The second-order valence-corrected chi connectivity index (χ2v) is 7.55. The average Bonchev–Trinajstić information content (AvgIpc) is 0.811. The quantitative estimate of drug-likeness (QED) is 0.433. The van der Waals surface area contributed by atoms with Gasteiger partial charge in [0.15, 0.2) is 0 Å². The van der Waals surface area contributed by atoms with Crippen LogP contribution in [0.15, 0.2) is 0 Å². The van der Waals surface area contributed by atoms with E-state index in [0.29, 0.717) is 10.7 Å². The van der Waals surface area contributed by atoms with Crippen LogP contribution in [0.1, 0.15) is 0 Å². The van der Waals surface area contributed by atoms with Crippen LogP contribution in [0.3, 0.4) is 0 Å². The first-order chi connectivity index (χ1) is 1.73. The zero-order valence-electron chi connectivity index (χ0n) is 2.68. The van der Waals surface area contributed by atoms with E-state index in [9.17, 15) is 0 Å². The first kappa shape index (κ1) is 5.25. The molecule has 0 N–H and O–H groups in total. The number of halogens is 1. The Morgan fingerprint density at radius 2 is 1.50 bits per heavy atom. The molecule has 0 radical (unpaired) electrons. The zero-order valence-corrected chi connectivity index (χ0v) is 5.78. The van der Waals surface area contributed by atoms with E-state index in [2.05, 4.69) is 32.0 Å². The summed E-state index contributed by atoms with van der Waals surface area (Å²) in [5.74, 6) is 4.35. The summed E-state index contributed by atoms with van der Waals surface area (Å²) in [4.78, 5) is 0. The standard InChI is InChI=1S/2CH3.Cu.HI/h2*1H3;;1H/q;;+1;/p-1. The predicted octanol–water partition coefficient (Wildman–Crippen LogP) is 2.05. The molecule has 0 amide bonds. The average molecular weight is 221 g/mol. The molecule has 0 spiro atoms. The second kappa shape index (κ2) is 2.48. The maximum absolute atomic E-state index is 2.36. The fraction of sp³-hybridized carbons (Fsp3) is 1.00. The van der Waals surface area contributed by atoms with Gasteiger partial charge in [0, 0.05) is 0 Å². The van der Waals surface area contributed by atoms with E-state index >= 15 is 0 Å². The number of rotatable bonds is 0. The molecule has 0 aliphatic rings. The molecule has 2 heteroatoms. The van der Waals surface area contributed by atoms with Crippen LogP contribution in [0, 0.1) is 0 Å². The molecule has 0 heterocycles. The fourth-order valence-corrected chi connectivity index (χ4v) is 0. The molecule has 0 aromatic rings. The van der Waals surface area contributed by atoms with E-state index in [1.54, 1.807) is 0 Å². The van der Waals surface area contributed by atoms with E-state index in [0.717, 1.165) is 0 Å². The molecule has 0 saturated carbocycles. The first-order valence-corrected chi connectivity index (χ1v) is 5.64. The van der Waals surface area contributed by atoms with Gasteiger partial charge in [-0.15, -0.1) is 0 Å². The summed E-state index contributed by atoms with van der Waals surface area (Å²) in [6, 6.07) is 0. The molecular weight excluding hydrogens is 214 g/mol. The van der Waals surface area contributed by atoms with E-state index in [-0.39, 0.29) is 0 Å². The number of hydrogen-bond donors (Lipinski definition) is 0. The minimum absolute atomic E-state index is 0.658. The SMILES string of the molecule is [CH3][Cu]([CH3])[I]. The van der Waals surface area contributed by atoms with E-state index < -0.39 is 0 Å². The predicted molar refractivity (Wildman–Crippen MR) is 25.7 cm³/mol. The third-order valence-electron chi connectivity index (χ3n) is 0. The van der Waals surface area contributed by atoms with Gasteiger partial charge in [-0.05, 0) is 0 Å². The molecule has 0 saturated heterocycles. The normalized spacial score (nSPS) is 11.2. The summed E-state index contributed by atoms with van der Waals surface area (Å²) in [5.41, 5.74) is 0. The van der Waals surface area contributed by atoms with Gasteiger partial charge in [-0.2, -0.15) is 0 Å². The van der Waals surface area contributed by atoms with Crippen molar-refractivity contribution in [3.8, 4) is 0 Å². The Labute approximate surface area is 42.6 Å². The topological polar surface area (TPSA) is 0 Å². The number of hydrogen-bond acceptors (Lipinski definition) is 0. The second-order valence-electron chi connectivity index (χ2n) is 0.529. The van der Waals surface area contributed by atoms with Crippen LogP contribution in [-0.2, 0) is 10.7 Å². The molecule has 0 rings (SSSR count). The Bertz CT molecular complexity index is 10.8. The molecule has 0 nitrogen and oxygen atoms in total. The van der Waals surface area contributed by atoms with Gasteiger partial charge >= 0.3 is 42.6 Å². The van der Waals surface area contributed by atoms with Crippen molar-refractivity contribution in [1.82, 2.24) is 0 Å². The van der Waals surface area contributed by atoms with Crippen LogP contribution in [0.4, 0.5) is 0 Å². The van der Waals surface area contributed by atoms with Gasteiger partial charge in [-0.3, -0.25) is 0 Å². The Kier molecular flexibility index (Phi) is 3.26. The van der Waals surface area contributed by atoms with Crippen molar-refractivity contribution in [2.75, 3.05) is 0 Å². The molecule has 32 valence electrons. The van der Waals surface area contributed by atoms with E-state index in [1.165, 1.54) is 0 Å². The summed E-state index contributed by atoms with van der Waals surface area (Å²) in [5, 5.41) is 0. The Morgan fingerprint density at radius 1 is 1.50 bits per heavy atom. The van der Waals surface area contributed by atoms with Crippen molar-refractivity contribution in [3.63, 3.8) is 0 Å². The molecule has 0 fully saturated rings. The van der Waals surface area contributed by atoms with Crippen LogP contribution in [-0.4, -0.2) is 0 Å². The molecule has 4 heavy (non-hydrogen) atoms. The molecule has 0 bridgehead atoms. The van der Waals surface area contributed by atoms with Crippen molar-refractivity contribution in [3.05, 3.63) is 0 Å². The van der Waals surface area contributed by atoms with Gasteiger partial charge in [-0.25, -0.2) is 0 Å². The fourth-order valence-electron chi connectivity index (χ4n) is 0. The third-order valence-corrected chi connectivity index (χ3v) is 0. The summed E-state index contributed by atoms with van der Waals surface area (Å²) in [7, 11) is 0.658. The minimum atomic E-state index is 0.658. The molecule has 0 aromatic heterocycles. The van der Waals surface area contributed by atoms with Crippen LogP contribution in [0.25, 0.3) is 0 Å². The molecular formula is C2H6CuI. The van der Waals surface area contributed by atoms with Crippen molar-refractivity contribution in [1.29, 1.82) is 0 Å². The maximum atomic E-state index is 2.36. The summed E-state index contributed by atoms with van der Waals surface area (Å²) in [6.07, 6.45) is 0. The van der Waals surface area contributed by atoms with Crippen molar-refractivity contribution >= 4 is 20.3 Å². The molecule has 0 atom stereocenters. The summed E-state index contributed by atoms with van der Waals surface area (Å²) >= 11 is 2.36. The Hall–Kier alpha value is 1.25. The van der Waals surface area contributed by atoms with Gasteiger partial charge in [-0.1, -0.05) is 0 Å². The van der Waals surface area contributed by atoms with Gasteiger partial charge in [0.05, 0.1) is 0 Å². The molecule has 0 unspecified atom stereocenters. The molecule has 0 aliphatic heterocycles. The van der Waals surface area contributed by atoms with Crippen LogP contribution < -0.4 is 0 Å². The first-order valence-electron chi connectivity index (χ1n) is 0.717. The Morgan fingerprint density at radius 3 is 1.50 bits per heavy atom. The van der Waals surface area contributed by atoms with Gasteiger partial charge in [0.1, 0.15) is 0 Å². The Balaban J connectivity index is 2.32. The van der Waals surface area contributed by atoms with Crippen molar-refractivity contribution in [2.45, 2.75) is 11.6 Å². The summed E-state index contributed by atoms with van der Waals surface area (Å²) < 4.78 is 0. The molecule has 0 aromatic carbocycles. The van der Waals surface area contributed by atoms with Crippen molar-refractivity contribution in [2.24, 2.45) is 0 Å². The zero-order chi connectivity index (χ0) is 3.58. The van der Waals surface area contributed by atoms with Crippen LogP contribution >= 0.6 is 20.3 Å². The van der Waals surface area contributed by atoms with Gasteiger partial charge in [0.25, 0.3) is 0 Å². The summed E-state index contributed by atoms with van der Waals surface area (Å²) in [6.45, 7) is 0. The van der Waals surface area contributed by atoms with Gasteiger partial charge in [0.2, 0.25) is 0 Å². The van der Waals surface area contributed by atoms with Crippen LogP contribution in [0.2, 0.25) is 11.6 Å². The van der Waals surface area contributed by atoms with E-state index in [1.807, 2.05) is 0 Å².